The van der Waals surface area contributed by atoms with Crippen LogP contribution in [0.4, 0.5) is 5.82 Å². The zero-order valence-corrected chi connectivity index (χ0v) is 20.0. The molecule has 9 heteroatoms. The van der Waals surface area contributed by atoms with E-state index in [0.717, 1.165) is 12.8 Å². The number of likely N-dealkylation sites (N-methyl/N-ethyl adjacent to an activating group) is 1. The summed E-state index contributed by atoms with van der Waals surface area (Å²) in [6.07, 6.45) is 5.04. The van der Waals surface area contributed by atoms with Gasteiger partial charge in [-0.1, -0.05) is 29.8 Å². The zero-order valence-electron chi connectivity index (χ0n) is 19.2. The highest BCUT2D eigenvalue weighted by atomic mass is 35.5. The Morgan fingerprint density at radius 3 is 2.69 bits per heavy atom. The summed E-state index contributed by atoms with van der Waals surface area (Å²) >= 11 is 6.51. The predicted molar refractivity (Wildman–Crippen MR) is 135 cm³/mol. The average molecular weight is 492 g/mol. The number of nitrogens with one attached hydrogen (secondary N) is 2. The van der Waals surface area contributed by atoms with Crippen molar-refractivity contribution in [3.05, 3.63) is 77.2 Å². The van der Waals surface area contributed by atoms with Crippen LogP contribution >= 0.6 is 11.6 Å². The molecule has 0 bridgehead atoms. The van der Waals surface area contributed by atoms with Crippen molar-refractivity contribution in [2.75, 3.05) is 25.5 Å². The van der Waals surface area contributed by atoms with Crippen LogP contribution in [0.1, 0.15) is 28.8 Å². The number of H-pyrrole nitrogens is 1. The van der Waals surface area contributed by atoms with Crippen molar-refractivity contribution in [3.8, 4) is 11.5 Å². The van der Waals surface area contributed by atoms with Crippen molar-refractivity contribution in [1.82, 2.24) is 19.9 Å². The lowest BCUT2D eigenvalue weighted by atomic mass is 10.0. The number of aromatic nitrogens is 3. The number of aromatic amines is 1. The molecule has 2 unspecified atom stereocenters. The Morgan fingerprint density at radius 1 is 1.14 bits per heavy atom. The molecule has 3 heterocycles. The third-order valence-corrected chi connectivity index (χ3v) is 6.89. The van der Waals surface area contributed by atoms with Gasteiger partial charge in [0.25, 0.3) is 0 Å². The Bertz CT molecular complexity index is 1340. The number of carbonyl (C=O) groups excluding carboxylic acids is 1. The summed E-state index contributed by atoms with van der Waals surface area (Å²) in [5.41, 5.74) is 1.37. The lowest BCUT2D eigenvalue weighted by Crippen LogP contribution is -2.38. The smallest absolute Gasteiger partial charge is 0.196 e. The number of aliphatic hydroxyl groups is 1. The quantitative estimate of drug-likeness (QED) is 0.312. The van der Waals surface area contributed by atoms with E-state index in [1.807, 2.05) is 37.4 Å². The normalized spacial score (nSPS) is 18.1. The van der Waals surface area contributed by atoms with Gasteiger partial charge in [0.2, 0.25) is 0 Å². The molecular weight excluding hydrogens is 466 g/mol. The van der Waals surface area contributed by atoms with Gasteiger partial charge in [-0.15, -0.1) is 0 Å². The van der Waals surface area contributed by atoms with Crippen LogP contribution in [-0.4, -0.2) is 63.0 Å². The number of nitrogens with zero attached hydrogens (tertiary/aromatic N) is 3. The first-order valence-electron chi connectivity index (χ1n) is 11.5. The molecule has 1 aliphatic rings. The van der Waals surface area contributed by atoms with Crippen LogP contribution in [0, 0.1) is 0 Å². The van der Waals surface area contributed by atoms with E-state index in [2.05, 4.69) is 25.2 Å². The number of hydrogen-bond acceptors (Lipinski definition) is 7. The molecule has 4 aromatic rings. The van der Waals surface area contributed by atoms with Gasteiger partial charge in [-0.3, -0.25) is 9.69 Å². The molecule has 0 radical (unpaired) electrons. The fourth-order valence-electron chi connectivity index (χ4n) is 4.56. The number of aliphatic hydroxyl groups excluding tert-OH is 1. The van der Waals surface area contributed by atoms with Crippen LogP contribution in [0.15, 0.2) is 61.1 Å². The van der Waals surface area contributed by atoms with E-state index in [-0.39, 0.29) is 24.5 Å². The second kappa shape index (κ2) is 10.0. The summed E-state index contributed by atoms with van der Waals surface area (Å²) in [7, 11) is 2.02. The molecule has 5 rings (SSSR count). The van der Waals surface area contributed by atoms with E-state index in [4.69, 9.17) is 16.3 Å². The SMILES string of the molecule is CN1C(CO)CCC1CNc1ncnc2[nH]cc(C(=O)c3ccc(Oc4ccccc4)cc3Cl)c12. The summed E-state index contributed by atoms with van der Waals surface area (Å²) in [6.45, 7) is 0.793. The first-order chi connectivity index (χ1) is 17.0. The molecule has 3 N–H and O–H groups in total. The fourth-order valence-corrected chi connectivity index (χ4v) is 4.82. The molecule has 0 spiro atoms. The third kappa shape index (κ3) is 4.73. The van der Waals surface area contributed by atoms with Gasteiger partial charge in [0.05, 0.1) is 22.6 Å². The molecule has 2 aromatic heterocycles. The second-order valence-corrected chi connectivity index (χ2v) is 9.06. The third-order valence-electron chi connectivity index (χ3n) is 6.58. The standard InChI is InChI=1S/C26H26ClN5O3/c1-32-16(7-8-17(32)14-33)12-28-25-23-21(13-29-26(23)31-15-30-25)24(34)20-10-9-19(11-22(20)27)35-18-5-3-2-4-6-18/h2-6,9-11,13,15-17,33H,7-8,12,14H2,1H3,(H2,28,29,30,31). The second-order valence-electron chi connectivity index (χ2n) is 8.65. The Kier molecular flexibility index (Phi) is 6.68. The number of benzene rings is 2. The minimum atomic E-state index is -0.233. The fraction of sp³-hybridized carbons (Fsp3) is 0.269. The van der Waals surface area contributed by atoms with Gasteiger partial charge in [-0.25, -0.2) is 9.97 Å². The van der Waals surface area contributed by atoms with Gasteiger partial charge in [0.15, 0.2) is 5.78 Å². The molecule has 2 aromatic carbocycles. The van der Waals surface area contributed by atoms with Crippen LogP contribution < -0.4 is 10.1 Å². The van der Waals surface area contributed by atoms with E-state index in [9.17, 15) is 9.90 Å². The zero-order chi connectivity index (χ0) is 24.4. The maximum absolute atomic E-state index is 13.5. The van der Waals surface area contributed by atoms with Crippen molar-refractivity contribution in [3.63, 3.8) is 0 Å². The Labute approximate surface area is 207 Å². The summed E-state index contributed by atoms with van der Waals surface area (Å²) in [5, 5.41) is 13.8. The van der Waals surface area contributed by atoms with Crippen molar-refractivity contribution in [2.45, 2.75) is 24.9 Å². The molecule has 2 atom stereocenters. The van der Waals surface area contributed by atoms with Crippen LogP contribution in [0.3, 0.4) is 0 Å². The van der Waals surface area contributed by atoms with Crippen LogP contribution in [0.5, 0.6) is 11.5 Å². The van der Waals surface area contributed by atoms with Crippen LogP contribution in [0.2, 0.25) is 5.02 Å². The number of likely N-dealkylation sites (tertiary alicyclic amines) is 1. The minimum Gasteiger partial charge on any atom is -0.457 e. The topological polar surface area (TPSA) is 103 Å². The average Bonchev–Trinajstić information content (AvgIpc) is 3.46. The summed E-state index contributed by atoms with van der Waals surface area (Å²) in [4.78, 5) is 27.4. The van der Waals surface area contributed by atoms with E-state index < -0.39 is 0 Å². The maximum Gasteiger partial charge on any atom is 0.196 e. The maximum atomic E-state index is 13.5. The molecule has 35 heavy (non-hydrogen) atoms. The number of para-hydroxylation sites is 1. The Hall–Kier alpha value is -3.46. The lowest BCUT2D eigenvalue weighted by molar-refractivity contribution is 0.104. The molecule has 180 valence electrons. The van der Waals surface area contributed by atoms with E-state index in [0.29, 0.717) is 51.0 Å². The minimum absolute atomic E-state index is 0.150. The predicted octanol–water partition coefficient (Wildman–Crippen LogP) is 4.50. The van der Waals surface area contributed by atoms with Crippen molar-refractivity contribution < 1.29 is 14.6 Å². The molecule has 0 amide bonds. The molecular formula is C26H26ClN5O3. The molecule has 1 fully saturated rings. The number of hydrogen-bond donors (Lipinski definition) is 3. The number of carbonyl (C=O) groups is 1. The van der Waals surface area contributed by atoms with Gasteiger partial charge < -0.3 is 20.1 Å². The summed E-state index contributed by atoms with van der Waals surface area (Å²) in [6, 6.07) is 14.8. The lowest BCUT2D eigenvalue weighted by Gasteiger charge is -2.24. The largest absolute Gasteiger partial charge is 0.457 e. The van der Waals surface area contributed by atoms with E-state index in [1.165, 1.54) is 6.33 Å². The number of ketones is 1. The van der Waals surface area contributed by atoms with Gasteiger partial charge in [0.1, 0.15) is 29.3 Å². The number of ether oxygens (including phenoxy) is 1. The van der Waals surface area contributed by atoms with E-state index in [1.54, 1.807) is 24.4 Å². The Morgan fingerprint density at radius 2 is 1.94 bits per heavy atom. The Balaban J connectivity index is 1.38. The van der Waals surface area contributed by atoms with Crippen LogP contribution in [0.25, 0.3) is 11.0 Å². The molecule has 1 aliphatic heterocycles. The van der Waals surface area contributed by atoms with Gasteiger partial charge in [0, 0.05) is 36.5 Å². The highest BCUT2D eigenvalue weighted by Gasteiger charge is 2.30. The van der Waals surface area contributed by atoms with E-state index >= 15 is 0 Å². The van der Waals surface area contributed by atoms with Gasteiger partial charge >= 0.3 is 0 Å². The molecule has 0 saturated carbocycles. The number of rotatable bonds is 8. The van der Waals surface area contributed by atoms with Gasteiger partial charge in [-0.2, -0.15) is 0 Å². The van der Waals surface area contributed by atoms with Crippen LogP contribution in [-0.2, 0) is 0 Å². The highest BCUT2D eigenvalue weighted by molar-refractivity contribution is 6.35. The summed E-state index contributed by atoms with van der Waals surface area (Å²) in [5.74, 6) is 1.58. The molecule has 1 saturated heterocycles. The van der Waals surface area contributed by atoms with Crippen molar-refractivity contribution >= 4 is 34.2 Å². The highest BCUT2D eigenvalue weighted by Crippen LogP contribution is 2.31. The molecule has 8 nitrogen and oxygen atoms in total. The first-order valence-corrected chi connectivity index (χ1v) is 11.9. The number of anilines is 1. The first kappa shape index (κ1) is 23.3. The number of fused-ring (bicyclic) bond motifs is 1. The summed E-state index contributed by atoms with van der Waals surface area (Å²) < 4.78 is 5.83. The molecule has 0 aliphatic carbocycles. The number of halogens is 1. The van der Waals surface area contributed by atoms with Gasteiger partial charge in [-0.05, 0) is 44.2 Å². The van der Waals surface area contributed by atoms with Crippen molar-refractivity contribution in [1.29, 1.82) is 0 Å². The monoisotopic (exact) mass is 491 g/mol. The van der Waals surface area contributed by atoms with Crippen molar-refractivity contribution in [2.24, 2.45) is 0 Å².